The van der Waals surface area contributed by atoms with Crippen LogP contribution in [0.4, 0.5) is 0 Å². The highest BCUT2D eigenvalue weighted by Gasteiger charge is 2.11. The molecule has 0 radical (unpaired) electrons. The van der Waals surface area contributed by atoms with Crippen LogP contribution in [0.3, 0.4) is 0 Å². The van der Waals surface area contributed by atoms with Crippen LogP contribution < -0.4 is 0 Å². The molecule has 0 unspecified atom stereocenters. The molecule has 0 aliphatic carbocycles. The Balaban J connectivity index is 0.000000361. The zero-order valence-corrected chi connectivity index (χ0v) is 13.9. The van der Waals surface area contributed by atoms with E-state index in [9.17, 15) is 16.8 Å². The van der Waals surface area contributed by atoms with E-state index in [0.717, 1.165) is 24.4 Å². The van der Waals surface area contributed by atoms with E-state index in [-0.39, 0.29) is 0 Å². The van der Waals surface area contributed by atoms with E-state index in [2.05, 4.69) is 4.98 Å². The summed E-state index contributed by atoms with van der Waals surface area (Å²) < 4.78 is 55.4. The fraction of sp³-hybridized carbons (Fsp3) is 0.667. The number of nitrogens with zero attached hydrogens (tertiary/aromatic N) is 1. The molecule has 118 valence electrons. The van der Waals surface area contributed by atoms with Gasteiger partial charge < -0.3 is 0 Å². The lowest BCUT2D eigenvalue weighted by Gasteiger charge is -1.92. The maximum absolute atomic E-state index is 9.86. The summed E-state index contributed by atoms with van der Waals surface area (Å²) in [6.07, 6.45) is 2.14. The van der Waals surface area contributed by atoms with Gasteiger partial charge in [0.2, 0.25) is 0 Å². The van der Waals surface area contributed by atoms with Crippen molar-refractivity contribution in [2.75, 3.05) is 17.4 Å². The van der Waals surface area contributed by atoms with E-state index in [1.54, 1.807) is 11.3 Å². The Bertz CT molecular complexity index is 563. The van der Waals surface area contributed by atoms with E-state index in [0.29, 0.717) is 0 Å². The summed E-state index contributed by atoms with van der Waals surface area (Å²) in [6.45, 7) is 2.04. The Morgan fingerprint density at radius 3 is 2.00 bits per heavy atom. The average molecular weight is 366 g/mol. The minimum Gasteiger partial charge on any atom is -0.286 e. The second-order valence-electron chi connectivity index (χ2n) is 3.73. The fourth-order valence-electron chi connectivity index (χ4n) is 1.00. The molecule has 0 saturated carbocycles. The molecule has 1 heterocycles. The van der Waals surface area contributed by atoms with Gasteiger partial charge in [0.1, 0.15) is 0 Å². The Labute approximate surface area is 127 Å². The summed E-state index contributed by atoms with van der Waals surface area (Å²) in [4.78, 5) is 5.52. The first-order valence-corrected chi connectivity index (χ1v) is 10.0. The van der Waals surface area contributed by atoms with Gasteiger partial charge in [0.05, 0.1) is 22.7 Å². The lowest BCUT2D eigenvalue weighted by molar-refractivity contribution is 0.472. The smallest absolute Gasteiger partial charge is 0.265 e. The number of hydrogen-bond acceptors (Lipinski definition) is 6. The largest absolute Gasteiger partial charge is 0.286 e. The van der Waals surface area contributed by atoms with E-state index < -0.39 is 31.7 Å². The van der Waals surface area contributed by atoms with Crippen LogP contribution in [0.2, 0.25) is 0 Å². The van der Waals surface area contributed by atoms with Gasteiger partial charge in [-0.3, -0.25) is 9.11 Å². The van der Waals surface area contributed by atoms with Crippen molar-refractivity contribution in [2.24, 2.45) is 0 Å². The van der Waals surface area contributed by atoms with Crippen LogP contribution in [-0.4, -0.2) is 48.3 Å². The Kier molecular flexibility index (Phi) is 8.79. The van der Waals surface area contributed by atoms with Gasteiger partial charge in [-0.05, 0) is 19.8 Å². The quantitative estimate of drug-likeness (QED) is 0.576. The molecule has 2 N–H and O–H groups in total. The molecule has 0 amide bonds. The third kappa shape index (κ3) is 11.6. The van der Waals surface area contributed by atoms with Crippen molar-refractivity contribution in [3.8, 4) is 0 Å². The molecule has 1 aromatic rings. The first kappa shape index (κ1) is 19.7. The van der Waals surface area contributed by atoms with Crippen molar-refractivity contribution in [3.63, 3.8) is 0 Å². The predicted molar refractivity (Wildman–Crippen MR) is 78.7 cm³/mol. The van der Waals surface area contributed by atoms with Crippen molar-refractivity contribution in [1.29, 1.82) is 0 Å². The van der Waals surface area contributed by atoms with Gasteiger partial charge in [-0.25, -0.2) is 4.98 Å². The number of hydrogen-bond donors (Lipinski definition) is 2. The van der Waals surface area contributed by atoms with Gasteiger partial charge >= 0.3 is 0 Å². The molecular weight excluding hydrogens is 350 g/mol. The molecule has 1 rings (SSSR count). The summed E-state index contributed by atoms with van der Waals surface area (Å²) in [5.74, 6) is -1.21. The van der Waals surface area contributed by atoms with Gasteiger partial charge in [-0.1, -0.05) is 0 Å². The van der Waals surface area contributed by atoms with Crippen LogP contribution in [0.25, 0.3) is 0 Å². The molecule has 1 aromatic heterocycles. The highest BCUT2D eigenvalue weighted by molar-refractivity contribution is 7.89. The number of alkyl halides is 1. The summed E-state index contributed by atoms with van der Waals surface area (Å²) >= 11 is 7.27. The molecule has 0 fully saturated rings. The van der Waals surface area contributed by atoms with E-state index in [4.69, 9.17) is 20.7 Å². The van der Waals surface area contributed by atoms with E-state index >= 15 is 0 Å². The van der Waals surface area contributed by atoms with Gasteiger partial charge in [-0.2, -0.15) is 16.8 Å². The normalized spacial score (nSPS) is 11.8. The SMILES string of the molecule is Cc1ncsc1CCCCl.O=S(=O)(O)CCS(=O)(=O)O. The average Bonchev–Trinajstić information content (AvgIpc) is 2.69. The van der Waals surface area contributed by atoms with Gasteiger partial charge in [0, 0.05) is 10.8 Å². The molecule has 11 heteroatoms. The standard InChI is InChI=1S/C7H10ClNS.C2H6O6S2/c1-6-7(3-2-4-8)10-5-9-6;3-9(4,5)1-2-10(6,7)8/h5H,2-4H2,1H3;1-2H2,(H,3,4,5)(H,6,7,8). The second-order valence-corrected chi connectivity index (χ2v) is 8.19. The lowest BCUT2D eigenvalue weighted by Crippen LogP contribution is -2.15. The van der Waals surface area contributed by atoms with Crippen LogP contribution in [0.5, 0.6) is 0 Å². The maximum Gasteiger partial charge on any atom is 0.265 e. The lowest BCUT2D eigenvalue weighted by atomic mass is 10.2. The summed E-state index contributed by atoms with van der Waals surface area (Å²) in [7, 11) is -8.59. The second kappa shape index (κ2) is 8.90. The number of aromatic nitrogens is 1. The first-order valence-electron chi connectivity index (χ1n) is 5.40. The number of halogens is 1. The minimum atomic E-state index is -4.30. The zero-order valence-electron chi connectivity index (χ0n) is 10.7. The topological polar surface area (TPSA) is 122 Å². The molecule has 0 aromatic carbocycles. The van der Waals surface area contributed by atoms with E-state index in [1.165, 1.54) is 4.88 Å². The molecule has 0 aliphatic heterocycles. The summed E-state index contributed by atoms with van der Waals surface area (Å²) in [5, 5.41) is 0. The number of rotatable bonds is 6. The van der Waals surface area contributed by atoms with Crippen molar-refractivity contribution in [3.05, 3.63) is 16.1 Å². The van der Waals surface area contributed by atoms with Crippen molar-refractivity contribution >= 4 is 43.2 Å². The maximum atomic E-state index is 9.86. The molecular formula is C9H16ClNO6S3. The molecule has 20 heavy (non-hydrogen) atoms. The molecule has 0 saturated heterocycles. The van der Waals surface area contributed by atoms with Crippen LogP contribution in [0.15, 0.2) is 5.51 Å². The van der Waals surface area contributed by atoms with Crippen LogP contribution in [0.1, 0.15) is 17.0 Å². The van der Waals surface area contributed by atoms with Crippen molar-refractivity contribution in [1.82, 2.24) is 4.98 Å². The first-order chi connectivity index (χ1) is 9.05. The van der Waals surface area contributed by atoms with Gasteiger partial charge in [0.15, 0.2) is 0 Å². The summed E-state index contributed by atoms with van der Waals surface area (Å²) in [5.41, 5.74) is 3.05. The third-order valence-corrected chi connectivity index (χ3v) is 4.94. The van der Waals surface area contributed by atoms with E-state index in [1.807, 2.05) is 12.4 Å². The highest BCUT2D eigenvalue weighted by Crippen LogP contribution is 2.14. The molecule has 0 spiro atoms. The van der Waals surface area contributed by atoms with Crippen molar-refractivity contribution in [2.45, 2.75) is 19.8 Å². The Morgan fingerprint density at radius 1 is 1.20 bits per heavy atom. The Hall–Kier alpha value is -0.260. The van der Waals surface area contributed by atoms with Gasteiger partial charge in [-0.15, -0.1) is 22.9 Å². The minimum absolute atomic E-state index is 0.747. The van der Waals surface area contributed by atoms with Crippen LogP contribution >= 0.6 is 22.9 Å². The zero-order chi connectivity index (χ0) is 15.8. The predicted octanol–water partition coefficient (Wildman–Crippen LogP) is 1.38. The third-order valence-electron chi connectivity index (χ3n) is 1.98. The summed E-state index contributed by atoms with van der Waals surface area (Å²) in [6, 6.07) is 0. The molecule has 0 atom stereocenters. The molecule has 0 bridgehead atoms. The van der Waals surface area contributed by atoms with Crippen LogP contribution in [0, 0.1) is 6.92 Å². The molecule has 0 aliphatic rings. The number of thiazole rings is 1. The number of aryl methyl sites for hydroxylation is 2. The van der Waals surface area contributed by atoms with Gasteiger partial charge in [0.25, 0.3) is 20.2 Å². The molecule has 7 nitrogen and oxygen atoms in total. The fourth-order valence-corrected chi connectivity index (χ4v) is 3.65. The van der Waals surface area contributed by atoms with Crippen LogP contribution in [-0.2, 0) is 26.7 Å². The van der Waals surface area contributed by atoms with Crippen molar-refractivity contribution < 1.29 is 25.9 Å². The Morgan fingerprint density at radius 2 is 1.70 bits per heavy atom. The monoisotopic (exact) mass is 365 g/mol. The highest BCUT2D eigenvalue weighted by atomic mass is 35.5.